The van der Waals surface area contributed by atoms with E-state index in [9.17, 15) is 39.6 Å². The molecule has 16 fully saturated rings. The molecule has 510 valence electrons. The number of ether oxygens (including phenoxy) is 6. The van der Waals surface area contributed by atoms with Crippen molar-refractivity contribution in [3.8, 4) is 0 Å². The molecule has 16 aliphatic rings. The Morgan fingerprint density at radius 1 is 0.505 bits per heavy atom. The third-order valence-electron chi connectivity index (χ3n) is 32.4. The fraction of sp³-hybridized carbons (Fsp3) is 0.947. The van der Waals surface area contributed by atoms with Crippen LogP contribution in [0.1, 0.15) is 223 Å². The molecule has 0 radical (unpaired) electrons. The highest BCUT2D eigenvalue weighted by molar-refractivity contribution is 5.80. The summed E-state index contributed by atoms with van der Waals surface area (Å²) in [6.45, 7) is 27.1. The van der Waals surface area contributed by atoms with Gasteiger partial charge in [0.2, 0.25) is 11.8 Å². The van der Waals surface area contributed by atoms with Gasteiger partial charge in [-0.05, 0) is 231 Å². The average Bonchev–Trinajstić information content (AvgIpc) is 1.46. The molecule has 4 spiro atoms. The SMILES string of the molecule is C[C@@H]1C[C@H](CC(=O)CO)O[C@H]2[C@H]1[C@@]1(C)CC[C@@]34CC35CC[C@H](O[C@H]3CN(C(=O)CC6CC6)CCO3)C(C)(C)[C@@H]5CC[C@H]4[C@]1(C)[C@H]2O.C[C@@H]1C[C@H](CC(=O)O)O[C@H]2[C@H]1[C@@]1(C)CC[C@@]34CC35CC[C@H](O[C@H]3CN(C(=O)CC6CC6)CCO3)C(C)(C)[C@@H]5CC[C@H]4[C@]1(C)[C@H]2O. The standard InChI is InChI=1S/C38H59NO7.C37H57NO7/c1-22-16-25(18-24(41)20-40)45-32-31(22)35(4)12-13-38-21-37(38)11-10-28(34(2,3)26(37)8-9-27(38)36(35,5)33(32)43)46-30-19-39(14-15-44-30)29(42)17-23-6-7-23;1-21-16-23(18-28(40)41)44-31-30(21)34(4)12-13-37-20-36(37)11-10-26(33(2,3)24(36)8-9-25(37)35(34,5)32(31)42)45-29-19-38(14-15-43-29)27(39)17-22-6-7-22/h22-23,25-28,30-33,40,43H,6-21H2,1-5H3;21-26,29-32,42H,6-20H2,1-5H3,(H,40,41)/t22-,25-,26+,27+,28+,30+,31+,32+,33+,35-,36-,37?,38+;21-,23-,24+,25+,26+,29+,30+,31+,32+,34-,35-,36?,37+/m11/s1. The van der Waals surface area contributed by atoms with Gasteiger partial charge in [0.15, 0.2) is 18.4 Å². The van der Waals surface area contributed by atoms with Crippen LogP contribution in [0, 0.1) is 113 Å². The highest BCUT2D eigenvalue weighted by atomic mass is 16.7. The van der Waals surface area contributed by atoms with Crippen molar-refractivity contribution in [3.63, 3.8) is 0 Å². The van der Waals surface area contributed by atoms with Crippen LogP contribution in [-0.2, 0) is 47.6 Å². The molecule has 0 bridgehead atoms. The number of nitrogens with zero attached hydrogens (tertiary/aromatic N) is 2. The molecule has 2 unspecified atom stereocenters. The molecule has 4 N–H and O–H groups in total. The van der Waals surface area contributed by atoms with Gasteiger partial charge >= 0.3 is 5.97 Å². The summed E-state index contributed by atoms with van der Waals surface area (Å²) >= 11 is 0. The molecule has 16 nitrogen and oxygen atoms in total. The summed E-state index contributed by atoms with van der Waals surface area (Å²) in [7, 11) is 0. The van der Waals surface area contributed by atoms with Gasteiger partial charge in [-0.15, -0.1) is 0 Å². The quantitative estimate of drug-likeness (QED) is 0.135. The molecule has 0 aromatic carbocycles. The van der Waals surface area contributed by atoms with Crippen molar-refractivity contribution >= 4 is 23.6 Å². The Hall–Kier alpha value is -2.28. The highest BCUT2D eigenvalue weighted by Crippen LogP contribution is 2.91. The van der Waals surface area contributed by atoms with Crippen LogP contribution in [0.4, 0.5) is 0 Å². The minimum Gasteiger partial charge on any atom is -0.481 e. The molecule has 4 saturated heterocycles. The normalized spacial score (nSPS) is 52.5. The number of ketones is 1. The van der Waals surface area contributed by atoms with Crippen LogP contribution in [0.3, 0.4) is 0 Å². The lowest BCUT2D eigenvalue weighted by atomic mass is 9.41. The van der Waals surface area contributed by atoms with Gasteiger partial charge in [0.1, 0.15) is 6.61 Å². The number of hydrogen-bond donors (Lipinski definition) is 4. The molecule has 26 atom stereocenters. The lowest BCUT2D eigenvalue weighted by Gasteiger charge is -2.64. The number of rotatable bonds is 13. The van der Waals surface area contributed by atoms with E-state index in [1.807, 2.05) is 9.80 Å². The molecule has 0 aromatic heterocycles. The molecular formula is C75H116N2O14. The number of aliphatic carboxylic acids is 1. The number of carboxylic acid groups (broad SMARTS) is 1. The van der Waals surface area contributed by atoms with E-state index < -0.39 is 24.8 Å². The monoisotopic (exact) mass is 1270 g/mol. The van der Waals surface area contributed by atoms with E-state index in [4.69, 9.17) is 28.4 Å². The fourth-order valence-corrected chi connectivity index (χ4v) is 27.6. The fourth-order valence-electron chi connectivity index (χ4n) is 27.6. The molecule has 4 heterocycles. The van der Waals surface area contributed by atoms with E-state index in [0.717, 1.165) is 64.2 Å². The largest absolute Gasteiger partial charge is 0.481 e. The van der Waals surface area contributed by atoms with Gasteiger partial charge in [-0.1, -0.05) is 69.2 Å². The number of carboxylic acids is 1. The van der Waals surface area contributed by atoms with Gasteiger partial charge in [0, 0.05) is 43.2 Å². The van der Waals surface area contributed by atoms with Crippen molar-refractivity contribution in [3.05, 3.63) is 0 Å². The minimum absolute atomic E-state index is 0.00198. The second-order valence-corrected chi connectivity index (χ2v) is 36.6. The van der Waals surface area contributed by atoms with Crippen molar-refractivity contribution < 1.29 is 68.0 Å². The maximum atomic E-state index is 12.9. The van der Waals surface area contributed by atoms with Crippen molar-refractivity contribution in [2.75, 3.05) is 46.0 Å². The van der Waals surface area contributed by atoms with E-state index in [-0.39, 0.29) is 135 Å². The summed E-state index contributed by atoms with van der Waals surface area (Å²) in [6.07, 6.45) is 21.5. The zero-order chi connectivity index (χ0) is 64.2. The Labute approximate surface area is 543 Å². The van der Waals surface area contributed by atoms with E-state index >= 15 is 0 Å². The van der Waals surface area contributed by atoms with Crippen molar-refractivity contribution in [2.45, 2.75) is 285 Å². The van der Waals surface area contributed by atoms with Gasteiger partial charge in [-0.2, -0.15) is 0 Å². The maximum Gasteiger partial charge on any atom is 0.305 e. The Kier molecular flexibility index (Phi) is 15.7. The number of fused-ring (bicyclic) bond motifs is 8. The summed E-state index contributed by atoms with van der Waals surface area (Å²) in [5.74, 6) is 4.02. The third-order valence-corrected chi connectivity index (χ3v) is 32.4. The number of aliphatic hydroxyl groups excluding tert-OH is 3. The van der Waals surface area contributed by atoms with E-state index in [1.165, 1.54) is 64.2 Å². The maximum absolute atomic E-state index is 12.9. The third kappa shape index (κ3) is 9.41. The number of hydrogen-bond acceptors (Lipinski definition) is 13. The molecule has 0 aromatic rings. The number of carbonyl (C=O) groups is 4. The number of aliphatic hydroxyl groups is 3. The van der Waals surface area contributed by atoms with Crippen LogP contribution in [0.2, 0.25) is 0 Å². The lowest BCUT2D eigenvalue weighted by molar-refractivity contribution is -0.248. The van der Waals surface area contributed by atoms with E-state index in [0.29, 0.717) is 110 Å². The zero-order valence-electron chi connectivity index (χ0n) is 57.2. The first-order chi connectivity index (χ1) is 43.1. The van der Waals surface area contributed by atoms with E-state index in [2.05, 4.69) is 69.2 Å². The number of Topliss-reactive ketones (excluding diaryl/α,β-unsaturated/α-hetero) is 1. The summed E-state index contributed by atoms with van der Waals surface area (Å²) < 4.78 is 39.1. The van der Waals surface area contributed by atoms with Gasteiger partial charge < -0.3 is 58.6 Å². The molecule has 91 heavy (non-hydrogen) atoms. The van der Waals surface area contributed by atoms with Gasteiger partial charge in [0.05, 0.1) is 81.6 Å². The topological polar surface area (TPSA) is 211 Å². The summed E-state index contributed by atoms with van der Waals surface area (Å²) in [5.41, 5.74) is 0.636. The first kappa shape index (κ1) is 64.7. The van der Waals surface area contributed by atoms with Crippen LogP contribution in [0.25, 0.3) is 0 Å². The van der Waals surface area contributed by atoms with Gasteiger partial charge in [-0.3, -0.25) is 19.2 Å². The van der Waals surface area contributed by atoms with Crippen LogP contribution >= 0.6 is 0 Å². The van der Waals surface area contributed by atoms with Crippen LogP contribution in [-0.4, -0.2) is 161 Å². The average molecular weight is 1270 g/mol. The first-order valence-corrected chi connectivity index (χ1v) is 37.2. The summed E-state index contributed by atoms with van der Waals surface area (Å²) in [6, 6.07) is 0. The molecule has 12 aliphatic carbocycles. The smallest absolute Gasteiger partial charge is 0.305 e. The Morgan fingerprint density at radius 3 is 1.30 bits per heavy atom. The molecule has 16 heteroatoms. The molecule has 4 aliphatic heterocycles. The zero-order valence-corrected chi connectivity index (χ0v) is 57.2. The summed E-state index contributed by atoms with van der Waals surface area (Å²) in [5, 5.41) is 43.5. The second kappa shape index (κ2) is 22.1. The van der Waals surface area contributed by atoms with Crippen molar-refractivity contribution in [1.29, 1.82) is 0 Å². The first-order valence-electron chi connectivity index (χ1n) is 37.2. The highest BCUT2D eigenvalue weighted by Gasteiger charge is 2.87. The van der Waals surface area contributed by atoms with Crippen molar-refractivity contribution in [2.24, 2.45) is 113 Å². The second-order valence-electron chi connectivity index (χ2n) is 36.6. The Balaban J connectivity index is 0.000000151. The molecule has 2 amide bonds. The van der Waals surface area contributed by atoms with Gasteiger partial charge in [-0.25, -0.2) is 0 Å². The minimum atomic E-state index is -0.818. The number of morpholine rings is 2. The molecule has 12 saturated carbocycles. The van der Waals surface area contributed by atoms with E-state index in [1.54, 1.807) is 0 Å². The molecule has 16 rings (SSSR count). The predicted octanol–water partition coefficient (Wildman–Crippen LogP) is 10.8. The van der Waals surface area contributed by atoms with Gasteiger partial charge in [0.25, 0.3) is 0 Å². The lowest BCUT2D eigenvalue weighted by Crippen LogP contribution is -2.60. The number of amides is 2. The van der Waals surface area contributed by atoms with Crippen LogP contribution < -0.4 is 0 Å². The number of carbonyl (C=O) groups excluding carboxylic acids is 3. The Morgan fingerprint density at radius 2 is 0.901 bits per heavy atom. The Bertz CT molecular complexity index is 2860. The van der Waals surface area contributed by atoms with Crippen LogP contribution in [0.5, 0.6) is 0 Å². The van der Waals surface area contributed by atoms with Crippen molar-refractivity contribution in [1.82, 2.24) is 9.80 Å². The molecular weight excluding hydrogens is 1150 g/mol. The van der Waals surface area contributed by atoms with Crippen LogP contribution in [0.15, 0.2) is 0 Å². The predicted molar refractivity (Wildman–Crippen MR) is 338 cm³/mol. The summed E-state index contributed by atoms with van der Waals surface area (Å²) in [4.78, 5) is 53.4.